The van der Waals surface area contributed by atoms with Gasteiger partial charge in [0.05, 0.1) is 5.92 Å². The summed E-state index contributed by atoms with van der Waals surface area (Å²) in [4.78, 5) is 21.8. The maximum Gasteiger partial charge on any atom is 0.308 e. The van der Waals surface area contributed by atoms with Crippen LogP contribution in [0.4, 0.5) is 0 Å². The number of carboxylic acids is 1. The second kappa shape index (κ2) is 7.79. The van der Waals surface area contributed by atoms with Crippen molar-refractivity contribution in [2.75, 3.05) is 6.54 Å². The van der Waals surface area contributed by atoms with Crippen molar-refractivity contribution < 1.29 is 14.7 Å². The first-order valence-electron chi connectivity index (χ1n) is 4.91. The maximum atomic E-state index is 11.1. The first kappa shape index (κ1) is 13.4. The third kappa shape index (κ3) is 6.49. The van der Waals surface area contributed by atoms with E-state index < -0.39 is 11.9 Å². The van der Waals surface area contributed by atoms with Crippen LogP contribution in [0.2, 0.25) is 0 Å². The fourth-order valence-electron chi connectivity index (χ4n) is 0.943. The minimum atomic E-state index is -0.879. The Bertz CT molecular complexity index is 269. The number of amides is 1. The van der Waals surface area contributed by atoms with Gasteiger partial charge < -0.3 is 10.4 Å². The molecule has 0 aliphatic rings. The largest absolute Gasteiger partial charge is 0.481 e. The number of carbonyl (C=O) groups is 2. The molecule has 0 saturated heterocycles. The molecule has 84 valence electrons. The third-order valence-corrected chi connectivity index (χ3v) is 1.92. The zero-order valence-electron chi connectivity index (χ0n) is 9.06. The van der Waals surface area contributed by atoms with Gasteiger partial charge in [0.2, 0.25) is 5.91 Å². The first-order chi connectivity index (χ1) is 7.11. The Labute approximate surface area is 89.7 Å². The molecule has 2 N–H and O–H groups in total. The van der Waals surface area contributed by atoms with Gasteiger partial charge in [0.25, 0.3) is 0 Å². The average molecular weight is 211 g/mol. The molecule has 0 bridgehead atoms. The molecule has 0 saturated carbocycles. The van der Waals surface area contributed by atoms with Crippen LogP contribution in [0.1, 0.15) is 20.3 Å². The lowest BCUT2D eigenvalue weighted by molar-refractivity contribution is -0.141. The van der Waals surface area contributed by atoms with Crippen molar-refractivity contribution in [1.29, 1.82) is 0 Å². The highest BCUT2D eigenvalue weighted by molar-refractivity contribution is 5.88. The van der Waals surface area contributed by atoms with E-state index in [1.54, 1.807) is 25.2 Å². The lowest BCUT2D eigenvalue weighted by Crippen LogP contribution is -2.31. The molecule has 15 heavy (non-hydrogen) atoms. The summed E-state index contributed by atoms with van der Waals surface area (Å²) in [6, 6.07) is 0. The van der Waals surface area contributed by atoms with E-state index in [0.717, 1.165) is 0 Å². The van der Waals surface area contributed by atoms with Crippen molar-refractivity contribution in [1.82, 2.24) is 5.32 Å². The molecular weight excluding hydrogens is 194 g/mol. The lowest BCUT2D eigenvalue weighted by Gasteiger charge is -2.09. The Balaban J connectivity index is 3.93. The standard InChI is InChI=1S/C11H17NO3/c1-3-5-6-7-10(13)12-8-9(4-2)11(14)15/h3,5-7,9H,4,8H2,1-2H3,(H,12,13)(H,14,15). The van der Waals surface area contributed by atoms with Crippen LogP contribution in [0.25, 0.3) is 0 Å². The first-order valence-corrected chi connectivity index (χ1v) is 4.91. The van der Waals surface area contributed by atoms with Crippen LogP contribution in [0, 0.1) is 5.92 Å². The highest BCUT2D eigenvalue weighted by Crippen LogP contribution is 2.00. The minimum absolute atomic E-state index is 0.171. The summed E-state index contributed by atoms with van der Waals surface area (Å²) in [5.41, 5.74) is 0. The molecule has 1 amide bonds. The number of hydrogen-bond donors (Lipinski definition) is 2. The molecule has 0 heterocycles. The summed E-state index contributed by atoms with van der Waals surface area (Å²) in [6.45, 7) is 3.80. The van der Waals surface area contributed by atoms with E-state index in [1.807, 2.05) is 6.92 Å². The van der Waals surface area contributed by atoms with Crippen molar-refractivity contribution in [2.24, 2.45) is 5.92 Å². The van der Waals surface area contributed by atoms with Crippen LogP contribution in [0.5, 0.6) is 0 Å². The Morgan fingerprint density at radius 3 is 2.53 bits per heavy atom. The van der Waals surface area contributed by atoms with Gasteiger partial charge in [-0.2, -0.15) is 0 Å². The monoisotopic (exact) mass is 211 g/mol. The molecule has 0 radical (unpaired) electrons. The summed E-state index contributed by atoms with van der Waals surface area (Å²) in [6.07, 6.45) is 7.02. The molecule has 0 rings (SSSR count). The third-order valence-electron chi connectivity index (χ3n) is 1.92. The molecule has 0 aromatic rings. The van der Waals surface area contributed by atoms with E-state index in [9.17, 15) is 9.59 Å². The molecule has 1 atom stereocenters. The average Bonchev–Trinajstić information content (AvgIpc) is 2.18. The number of nitrogens with one attached hydrogen (secondary N) is 1. The normalized spacial score (nSPS) is 13.2. The van der Waals surface area contributed by atoms with Crippen LogP contribution in [-0.4, -0.2) is 23.5 Å². The molecular formula is C11H17NO3. The number of carboxylic acid groups (broad SMARTS) is 1. The van der Waals surface area contributed by atoms with Crippen molar-refractivity contribution in [3.63, 3.8) is 0 Å². The van der Waals surface area contributed by atoms with Gasteiger partial charge in [0.15, 0.2) is 0 Å². The lowest BCUT2D eigenvalue weighted by atomic mass is 10.1. The molecule has 0 aromatic carbocycles. The van der Waals surface area contributed by atoms with Crippen LogP contribution < -0.4 is 5.32 Å². The molecule has 4 nitrogen and oxygen atoms in total. The molecule has 0 aliphatic heterocycles. The Morgan fingerprint density at radius 2 is 2.07 bits per heavy atom. The van der Waals surface area contributed by atoms with Crippen LogP contribution >= 0.6 is 0 Å². The van der Waals surface area contributed by atoms with Gasteiger partial charge in [-0.1, -0.05) is 25.2 Å². The van der Waals surface area contributed by atoms with E-state index in [-0.39, 0.29) is 12.5 Å². The summed E-state index contributed by atoms with van der Waals surface area (Å²) in [7, 11) is 0. The highest BCUT2D eigenvalue weighted by atomic mass is 16.4. The molecule has 0 spiro atoms. The molecule has 1 unspecified atom stereocenters. The summed E-state index contributed by atoms with van der Waals surface area (Å²) < 4.78 is 0. The number of allylic oxidation sites excluding steroid dienone is 3. The van der Waals surface area contributed by atoms with E-state index >= 15 is 0 Å². The molecule has 0 fully saturated rings. The molecule has 4 heteroatoms. The number of rotatable bonds is 6. The number of hydrogen-bond acceptors (Lipinski definition) is 2. The van der Waals surface area contributed by atoms with Gasteiger partial charge in [0, 0.05) is 12.6 Å². The van der Waals surface area contributed by atoms with Gasteiger partial charge in [-0.25, -0.2) is 0 Å². The number of carbonyl (C=O) groups excluding carboxylic acids is 1. The van der Waals surface area contributed by atoms with Gasteiger partial charge >= 0.3 is 5.97 Å². The molecule has 0 aliphatic carbocycles. The van der Waals surface area contributed by atoms with E-state index in [1.165, 1.54) is 6.08 Å². The van der Waals surface area contributed by atoms with Crippen molar-refractivity contribution >= 4 is 11.9 Å². The van der Waals surface area contributed by atoms with Crippen LogP contribution in [0.3, 0.4) is 0 Å². The van der Waals surface area contributed by atoms with Crippen LogP contribution in [0.15, 0.2) is 24.3 Å². The second-order valence-electron chi connectivity index (χ2n) is 3.07. The summed E-state index contributed by atoms with van der Waals surface area (Å²) in [5.74, 6) is -1.66. The van der Waals surface area contributed by atoms with E-state index in [0.29, 0.717) is 6.42 Å². The Hall–Kier alpha value is -1.58. The highest BCUT2D eigenvalue weighted by Gasteiger charge is 2.14. The number of aliphatic carboxylic acids is 1. The maximum absolute atomic E-state index is 11.1. The van der Waals surface area contributed by atoms with E-state index in [2.05, 4.69) is 5.32 Å². The second-order valence-corrected chi connectivity index (χ2v) is 3.07. The SMILES string of the molecule is CC=CC=CC(=O)NCC(CC)C(=O)O. The van der Waals surface area contributed by atoms with Crippen molar-refractivity contribution in [3.8, 4) is 0 Å². The van der Waals surface area contributed by atoms with Crippen LogP contribution in [-0.2, 0) is 9.59 Å². The zero-order chi connectivity index (χ0) is 11.7. The van der Waals surface area contributed by atoms with E-state index in [4.69, 9.17) is 5.11 Å². The summed E-state index contributed by atoms with van der Waals surface area (Å²) >= 11 is 0. The fraction of sp³-hybridized carbons (Fsp3) is 0.455. The van der Waals surface area contributed by atoms with Gasteiger partial charge in [0.1, 0.15) is 0 Å². The summed E-state index contributed by atoms with van der Waals surface area (Å²) in [5, 5.41) is 11.3. The Kier molecular flexibility index (Phi) is 6.97. The Morgan fingerprint density at radius 1 is 1.40 bits per heavy atom. The van der Waals surface area contributed by atoms with Gasteiger partial charge in [-0.05, 0) is 13.3 Å². The molecule has 0 aromatic heterocycles. The van der Waals surface area contributed by atoms with Crippen molar-refractivity contribution in [2.45, 2.75) is 20.3 Å². The zero-order valence-corrected chi connectivity index (χ0v) is 9.06. The quantitative estimate of drug-likeness (QED) is 0.514. The smallest absolute Gasteiger partial charge is 0.308 e. The van der Waals surface area contributed by atoms with Gasteiger partial charge in [-0.3, -0.25) is 9.59 Å². The predicted octanol–water partition coefficient (Wildman–Crippen LogP) is 1.35. The van der Waals surface area contributed by atoms with Gasteiger partial charge in [-0.15, -0.1) is 0 Å². The fourth-order valence-corrected chi connectivity index (χ4v) is 0.943. The topological polar surface area (TPSA) is 66.4 Å². The van der Waals surface area contributed by atoms with Crippen molar-refractivity contribution in [3.05, 3.63) is 24.3 Å². The predicted molar refractivity (Wildman–Crippen MR) is 58.4 cm³/mol. The minimum Gasteiger partial charge on any atom is -0.481 e.